The molecule has 6 nitrogen and oxygen atoms in total. The molecule has 0 spiro atoms. The summed E-state index contributed by atoms with van der Waals surface area (Å²) in [7, 11) is 1.58. The van der Waals surface area contributed by atoms with Crippen LogP contribution in [0.2, 0.25) is 0 Å². The Labute approximate surface area is 126 Å². The van der Waals surface area contributed by atoms with Gasteiger partial charge in [0.25, 0.3) is 5.91 Å². The third kappa shape index (κ3) is 6.16. The molecule has 0 heterocycles. The molecule has 0 radical (unpaired) electrons. The molecular formula is C15H24N4O2. The summed E-state index contributed by atoms with van der Waals surface area (Å²) in [6.45, 7) is 6.64. The molecule has 0 fully saturated rings. The third-order valence-corrected chi connectivity index (χ3v) is 2.69. The van der Waals surface area contributed by atoms with Gasteiger partial charge in [-0.05, 0) is 32.0 Å². The molecule has 0 bridgehead atoms. The molecule has 116 valence electrons. The van der Waals surface area contributed by atoms with Gasteiger partial charge in [0.15, 0.2) is 5.96 Å². The molecule has 0 aromatic heterocycles. The summed E-state index contributed by atoms with van der Waals surface area (Å²) in [4.78, 5) is 16.3. The van der Waals surface area contributed by atoms with E-state index in [0.717, 1.165) is 19.0 Å². The highest BCUT2D eigenvalue weighted by atomic mass is 16.5. The van der Waals surface area contributed by atoms with Gasteiger partial charge in [0, 0.05) is 25.2 Å². The predicted octanol–water partition coefficient (Wildman–Crippen LogP) is 1.00. The number of hydrogen-bond donors (Lipinski definition) is 3. The Balaban J connectivity index is 2.43. The second-order valence-electron chi connectivity index (χ2n) is 4.28. The number of benzene rings is 1. The van der Waals surface area contributed by atoms with Crippen LogP contribution in [-0.2, 0) is 0 Å². The van der Waals surface area contributed by atoms with Gasteiger partial charge >= 0.3 is 0 Å². The van der Waals surface area contributed by atoms with Crippen molar-refractivity contribution in [3.05, 3.63) is 29.8 Å². The van der Waals surface area contributed by atoms with Gasteiger partial charge in [-0.1, -0.05) is 6.07 Å². The quantitative estimate of drug-likeness (QED) is 0.398. The molecule has 0 saturated carbocycles. The Hall–Kier alpha value is -2.24. The summed E-state index contributed by atoms with van der Waals surface area (Å²) in [6.07, 6.45) is 0. The summed E-state index contributed by atoms with van der Waals surface area (Å²) < 4.78 is 5.10. The predicted molar refractivity (Wildman–Crippen MR) is 85.0 cm³/mol. The number of guanidine groups is 1. The minimum atomic E-state index is -0.127. The van der Waals surface area contributed by atoms with Crippen molar-refractivity contribution in [3.63, 3.8) is 0 Å². The van der Waals surface area contributed by atoms with Gasteiger partial charge in [0.2, 0.25) is 0 Å². The van der Waals surface area contributed by atoms with E-state index in [4.69, 9.17) is 4.74 Å². The van der Waals surface area contributed by atoms with Crippen molar-refractivity contribution in [2.24, 2.45) is 4.99 Å². The van der Waals surface area contributed by atoms with Crippen LogP contribution in [0.5, 0.6) is 5.75 Å². The average Bonchev–Trinajstić information content (AvgIpc) is 2.51. The third-order valence-electron chi connectivity index (χ3n) is 2.69. The molecule has 3 N–H and O–H groups in total. The molecule has 1 amide bonds. The fourth-order valence-electron chi connectivity index (χ4n) is 1.71. The molecule has 21 heavy (non-hydrogen) atoms. The van der Waals surface area contributed by atoms with Crippen LogP contribution in [0.15, 0.2) is 29.3 Å². The van der Waals surface area contributed by atoms with Gasteiger partial charge in [-0.2, -0.15) is 0 Å². The number of amides is 1. The highest BCUT2D eigenvalue weighted by molar-refractivity contribution is 5.94. The molecule has 0 aliphatic heterocycles. The highest BCUT2D eigenvalue weighted by Gasteiger charge is 2.05. The SMILES string of the molecule is CCNC(=NCCNC(=O)c1cccc(OC)c1)NCC. The molecule has 1 aromatic rings. The zero-order chi connectivity index (χ0) is 15.5. The van der Waals surface area contributed by atoms with Crippen LogP contribution in [0.4, 0.5) is 0 Å². The standard InChI is InChI=1S/C15H24N4O2/c1-4-16-15(17-5-2)19-10-9-18-14(20)12-7-6-8-13(11-12)21-3/h6-8,11H,4-5,9-10H2,1-3H3,(H,18,20)(H2,16,17,19). The number of rotatable bonds is 7. The van der Waals surface area contributed by atoms with Crippen molar-refractivity contribution >= 4 is 11.9 Å². The topological polar surface area (TPSA) is 74.8 Å². The minimum absolute atomic E-state index is 0.127. The van der Waals surface area contributed by atoms with E-state index in [1.807, 2.05) is 13.8 Å². The number of carbonyl (C=O) groups is 1. The molecule has 0 aliphatic rings. The van der Waals surface area contributed by atoms with Crippen LogP contribution < -0.4 is 20.7 Å². The largest absolute Gasteiger partial charge is 0.497 e. The van der Waals surface area contributed by atoms with E-state index in [0.29, 0.717) is 24.4 Å². The lowest BCUT2D eigenvalue weighted by molar-refractivity contribution is 0.0954. The number of methoxy groups -OCH3 is 1. The van der Waals surface area contributed by atoms with Gasteiger partial charge in [-0.15, -0.1) is 0 Å². The minimum Gasteiger partial charge on any atom is -0.497 e. The van der Waals surface area contributed by atoms with Crippen molar-refractivity contribution in [2.75, 3.05) is 33.3 Å². The lowest BCUT2D eigenvalue weighted by Gasteiger charge is -2.09. The zero-order valence-electron chi connectivity index (χ0n) is 12.9. The lowest BCUT2D eigenvalue weighted by Crippen LogP contribution is -2.37. The first-order valence-electron chi connectivity index (χ1n) is 7.15. The second kappa shape index (κ2) is 9.63. The maximum Gasteiger partial charge on any atom is 0.251 e. The van der Waals surface area contributed by atoms with E-state index in [9.17, 15) is 4.79 Å². The summed E-state index contributed by atoms with van der Waals surface area (Å²) in [5, 5.41) is 9.09. The van der Waals surface area contributed by atoms with Crippen molar-refractivity contribution in [1.82, 2.24) is 16.0 Å². The summed E-state index contributed by atoms with van der Waals surface area (Å²) in [5.41, 5.74) is 0.580. The van der Waals surface area contributed by atoms with E-state index >= 15 is 0 Å². The van der Waals surface area contributed by atoms with Gasteiger partial charge in [-0.25, -0.2) is 0 Å². The van der Waals surface area contributed by atoms with E-state index in [2.05, 4.69) is 20.9 Å². The van der Waals surface area contributed by atoms with Crippen molar-refractivity contribution in [2.45, 2.75) is 13.8 Å². The monoisotopic (exact) mass is 292 g/mol. The van der Waals surface area contributed by atoms with Crippen LogP contribution in [0.1, 0.15) is 24.2 Å². The van der Waals surface area contributed by atoms with E-state index in [1.54, 1.807) is 31.4 Å². The van der Waals surface area contributed by atoms with Crippen LogP contribution >= 0.6 is 0 Å². The number of aliphatic imine (C=N–C) groups is 1. The molecule has 0 atom stereocenters. The van der Waals surface area contributed by atoms with Crippen LogP contribution in [-0.4, -0.2) is 45.2 Å². The number of carbonyl (C=O) groups excluding carboxylic acids is 1. The number of nitrogens with zero attached hydrogens (tertiary/aromatic N) is 1. The molecule has 0 unspecified atom stereocenters. The number of nitrogens with one attached hydrogen (secondary N) is 3. The van der Waals surface area contributed by atoms with Crippen molar-refractivity contribution < 1.29 is 9.53 Å². The Morgan fingerprint density at radius 1 is 1.19 bits per heavy atom. The molecular weight excluding hydrogens is 268 g/mol. The second-order valence-corrected chi connectivity index (χ2v) is 4.28. The van der Waals surface area contributed by atoms with E-state index in [1.165, 1.54) is 0 Å². The van der Waals surface area contributed by atoms with Crippen LogP contribution in [0.25, 0.3) is 0 Å². The average molecular weight is 292 g/mol. The molecule has 1 aromatic carbocycles. The Bertz CT molecular complexity index is 466. The normalized spacial score (nSPS) is 9.67. The molecule has 1 rings (SSSR count). The number of hydrogen-bond acceptors (Lipinski definition) is 3. The number of ether oxygens (including phenoxy) is 1. The van der Waals surface area contributed by atoms with E-state index < -0.39 is 0 Å². The zero-order valence-corrected chi connectivity index (χ0v) is 12.9. The highest BCUT2D eigenvalue weighted by Crippen LogP contribution is 2.12. The maximum atomic E-state index is 12.0. The van der Waals surface area contributed by atoms with Gasteiger partial charge in [-0.3, -0.25) is 9.79 Å². The van der Waals surface area contributed by atoms with Gasteiger partial charge in [0.1, 0.15) is 5.75 Å². The Morgan fingerprint density at radius 2 is 1.90 bits per heavy atom. The molecule has 0 aliphatic carbocycles. The van der Waals surface area contributed by atoms with Crippen LogP contribution in [0, 0.1) is 0 Å². The fraction of sp³-hybridized carbons (Fsp3) is 0.467. The smallest absolute Gasteiger partial charge is 0.251 e. The first-order chi connectivity index (χ1) is 10.2. The summed E-state index contributed by atoms with van der Waals surface area (Å²) in [5.74, 6) is 1.30. The molecule has 6 heteroatoms. The fourth-order valence-corrected chi connectivity index (χ4v) is 1.71. The van der Waals surface area contributed by atoms with Gasteiger partial charge in [0.05, 0.1) is 13.7 Å². The molecule has 0 saturated heterocycles. The van der Waals surface area contributed by atoms with Crippen molar-refractivity contribution in [3.8, 4) is 5.75 Å². The Morgan fingerprint density at radius 3 is 2.52 bits per heavy atom. The summed E-state index contributed by atoms with van der Waals surface area (Å²) in [6, 6.07) is 7.06. The Kier molecular flexibility index (Phi) is 7.71. The van der Waals surface area contributed by atoms with Gasteiger partial charge < -0.3 is 20.7 Å². The first kappa shape index (κ1) is 16.8. The lowest BCUT2D eigenvalue weighted by atomic mass is 10.2. The maximum absolute atomic E-state index is 12.0. The van der Waals surface area contributed by atoms with E-state index in [-0.39, 0.29) is 5.91 Å². The van der Waals surface area contributed by atoms with Crippen molar-refractivity contribution in [1.29, 1.82) is 0 Å². The van der Waals surface area contributed by atoms with Crippen LogP contribution in [0.3, 0.4) is 0 Å². The summed E-state index contributed by atoms with van der Waals surface area (Å²) >= 11 is 0. The first-order valence-corrected chi connectivity index (χ1v) is 7.15.